The van der Waals surface area contributed by atoms with Crippen molar-refractivity contribution in [1.82, 2.24) is 0 Å². The Hall–Kier alpha value is -0.450. The summed E-state index contributed by atoms with van der Waals surface area (Å²) in [6.45, 7) is 1.45. The third-order valence-corrected chi connectivity index (χ3v) is 3.34. The molecule has 4 nitrogen and oxygen atoms in total. The van der Waals surface area contributed by atoms with Crippen molar-refractivity contribution in [3.8, 4) is 0 Å². The van der Waals surface area contributed by atoms with E-state index in [4.69, 9.17) is 20.6 Å². The zero-order valence-corrected chi connectivity index (χ0v) is 8.37. The Morgan fingerprint density at radius 2 is 1.86 bits per heavy atom. The molecule has 0 amide bonds. The highest BCUT2D eigenvalue weighted by Crippen LogP contribution is 2.38. The molecule has 0 aromatic heterocycles. The largest absolute Gasteiger partial charge is 0.348 e. The molecule has 1 spiro atoms. The molecule has 1 saturated heterocycles. The van der Waals surface area contributed by atoms with E-state index >= 15 is 0 Å². The zero-order valence-electron chi connectivity index (χ0n) is 8.37. The SMILES string of the molecule is N=CC(N)C1CCC2(CC1)OCCO2. The van der Waals surface area contributed by atoms with Gasteiger partial charge in [-0.25, -0.2) is 0 Å². The number of hydrogen-bond donors (Lipinski definition) is 2. The summed E-state index contributed by atoms with van der Waals surface area (Å²) >= 11 is 0. The van der Waals surface area contributed by atoms with Crippen molar-refractivity contribution in [1.29, 1.82) is 5.41 Å². The molecule has 1 atom stereocenters. The van der Waals surface area contributed by atoms with Crippen LogP contribution in [0.3, 0.4) is 0 Å². The van der Waals surface area contributed by atoms with E-state index in [9.17, 15) is 0 Å². The third-order valence-electron chi connectivity index (χ3n) is 3.34. The van der Waals surface area contributed by atoms with E-state index < -0.39 is 0 Å². The average molecular weight is 198 g/mol. The van der Waals surface area contributed by atoms with Gasteiger partial charge in [-0.3, -0.25) is 0 Å². The highest BCUT2D eigenvalue weighted by molar-refractivity contribution is 5.60. The van der Waals surface area contributed by atoms with Gasteiger partial charge in [-0.1, -0.05) is 0 Å². The molecule has 3 N–H and O–H groups in total. The average Bonchev–Trinajstić information content (AvgIpc) is 2.67. The molecule has 80 valence electrons. The maximum atomic E-state index is 7.13. The van der Waals surface area contributed by atoms with Gasteiger partial charge < -0.3 is 20.6 Å². The Morgan fingerprint density at radius 1 is 1.29 bits per heavy atom. The van der Waals surface area contributed by atoms with Gasteiger partial charge in [-0.05, 0) is 18.8 Å². The molecular formula is C10H18N2O2. The van der Waals surface area contributed by atoms with Crippen LogP contribution in [0.15, 0.2) is 0 Å². The summed E-state index contributed by atoms with van der Waals surface area (Å²) in [4.78, 5) is 0. The normalized spacial score (nSPS) is 29.2. The number of hydrogen-bond acceptors (Lipinski definition) is 4. The Kier molecular flexibility index (Phi) is 2.85. The highest BCUT2D eigenvalue weighted by atomic mass is 16.7. The molecule has 2 rings (SSSR count). The van der Waals surface area contributed by atoms with E-state index in [0.29, 0.717) is 5.92 Å². The van der Waals surface area contributed by atoms with Crippen molar-refractivity contribution in [3.05, 3.63) is 0 Å². The quantitative estimate of drug-likeness (QED) is 0.648. The van der Waals surface area contributed by atoms with E-state index in [1.165, 1.54) is 6.21 Å². The summed E-state index contributed by atoms with van der Waals surface area (Å²) in [7, 11) is 0. The fraction of sp³-hybridized carbons (Fsp3) is 0.900. The third kappa shape index (κ3) is 1.82. The Bertz CT molecular complexity index is 204. The summed E-state index contributed by atoms with van der Waals surface area (Å²) in [5.41, 5.74) is 5.81. The number of nitrogens with one attached hydrogen (secondary N) is 1. The predicted octanol–water partition coefficient (Wildman–Crippen LogP) is 0.897. The first-order valence-electron chi connectivity index (χ1n) is 5.30. The van der Waals surface area contributed by atoms with Crippen molar-refractivity contribution in [2.75, 3.05) is 13.2 Å². The Morgan fingerprint density at radius 3 is 2.36 bits per heavy atom. The molecule has 14 heavy (non-hydrogen) atoms. The number of nitrogens with two attached hydrogens (primary N) is 1. The van der Waals surface area contributed by atoms with Crippen molar-refractivity contribution in [2.45, 2.75) is 37.5 Å². The van der Waals surface area contributed by atoms with E-state index in [0.717, 1.165) is 38.9 Å². The zero-order chi connectivity index (χ0) is 10.0. The molecule has 2 aliphatic rings. The smallest absolute Gasteiger partial charge is 0.168 e. The maximum Gasteiger partial charge on any atom is 0.168 e. The lowest BCUT2D eigenvalue weighted by Gasteiger charge is -2.36. The van der Waals surface area contributed by atoms with Crippen LogP contribution in [0.4, 0.5) is 0 Å². The minimum Gasteiger partial charge on any atom is -0.348 e. The first-order valence-corrected chi connectivity index (χ1v) is 5.30. The molecule has 0 aromatic rings. The first kappa shape index (κ1) is 10.1. The van der Waals surface area contributed by atoms with Gasteiger partial charge in [0.1, 0.15) is 0 Å². The van der Waals surface area contributed by atoms with Gasteiger partial charge in [-0.2, -0.15) is 0 Å². The Labute approximate surface area is 84.3 Å². The molecule has 2 fully saturated rings. The van der Waals surface area contributed by atoms with E-state index in [-0.39, 0.29) is 11.8 Å². The molecule has 0 radical (unpaired) electrons. The van der Waals surface area contributed by atoms with Gasteiger partial charge in [0.25, 0.3) is 0 Å². The summed E-state index contributed by atoms with van der Waals surface area (Å²) in [5, 5.41) is 7.13. The summed E-state index contributed by atoms with van der Waals surface area (Å²) < 4.78 is 11.2. The van der Waals surface area contributed by atoms with E-state index in [2.05, 4.69) is 0 Å². The van der Waals surface area contributed by atoms with Gasteiger partial charge in [-0.15, -0.1) is 0 Å². The van der Waals surface area contributed by atoms with Crippen molar-refractivity contribution >= 4 is 6.21 Å². The molecule has 0 aromatic carbocycles. The van der Waals surface area contributed by atoms with Crippen LogP contribution < -0.4 is 5.73 Å². The summed E-state index contributed by atoms with van der Waals surface area (Å²) in [6, 6.07) is -0.0891. The highest BCUT2D eigenvalue weighted by Gasteiger charge is 2.41. The number of rotatable bonds is 2. The molecule has 1 heterocycles. The van der Waals surface area contributed by atoms with Crippen LogP contribution in [0.25, 0.3) is 0 Å². The molecule has 1 aliphatic carbocycles. The van der Waals surface area contributed by atoms with Crippen LogP contribution in [-0.4, -0.2) is 31.3 Å². The minimum atomic E-state index is -0.293. The number of ether oxygens (including phenoxy) is 2. The van der Waals surface area contributed by atoms with Gasteiger partial charge in [0, 0.05) is 25.1 Å². The van der Waals surface area contributed by atoms with Crippen LogP contribution in [0.5, 0.6) is 0 Å². The lowest BCUT2D eigenvalue weighted by Crippen LogP contribution is -2.41. The van der Waals surface area contributed by atoms with Crippen molar-refractivity contribution < 1.29 is 9.47 Å². The molecule has 0 bridgehead atoms. The van der Waals surface area contributed by atoms with Gasteiger partial charge in [0.2, 0.25) is 0 Å². The predicted molar refractivity (Wildman–Crippen MR) is 53.4 cm³/mol. The second-order valence-electron chi connectivity index (χ2n) is 4.19. The van der Waals surface area contributed by atoms with Gasteiger partial charge in [0.15, 0.2) is 5.79 Å². The fourth-order valence-corrected chi connectivity index (χ4v) is 2.39. The standard InChI is InChI=1S/C10H18N2O2/c11-7-9(12)8-1-3-10(4-2-8)13-5-6-14-10/h7-9,11H,1-6,12H2. The minimum absolute atomic E-state index is 0.0891. The molecule has 1 aliphatic heterocycles. The van der Waals surface area contributed by atoms with Crippen molar-refractivity contribution in [2.24, 2.45) is 11.7 Å². The second-order valence-corrected chi connectivity index (χ2v) is 4.19. The van der Waals surface area contributed by atoms with E-state index in [1.54, 1.807) is 0 Å². The molecule has 1 unspecified atom stereocenters. The van der Waals surface area contributed by atoms with Crippen LogP contribution >= 0.6 is 0 Å². The van der Waals surface area contributed by atoms with Crippen LogP contribution in [0, 0.1) is 11.3 Å². The summed E-state index contributed by atoms with van der Waals surface area (Å²) in [6.07, 6.45) is 5.23. The molecule has 4 heteroatoms. The van der Waals surface area contributed by atoms with Gasteiger partial charge in [0.05, 0.1) is 13.2 Å². The second kappa shape index (κ2) is 3.96. The first-order chi connectivity index (χ1) is 6.76. The molecular weight excluding hydrogens is 180 g/mol. The fourth-order valence-electron chi connectivity index (χ4n) is 2.39. The van der Waals surface area contributed by atoms with E-state index in [1.807, 2.05) is 0 Å². The lowest BCUT2D eigenvalue weighted by molar-refractivity contribution is -0.182. The maximum absolute atomic E-state index is 7.13. The lowest BCUT2D eigenvalue weighted by atomic mass is 9.81. The van der Waals surface area contributed by atoms with Crippen LogP contribution in [0.1, 0.15) is 25.7 Å². The van der Waals surface area contributed by atoms with Crippen LogP contribution in [0.2, 0.25) is 0 Å². The van der Waals surface area contributed by atoms with Crippen LogP contribution in [-0.2, 0) is 9.47 Å². The monoisotopic (exact) mass is 198 g/mol. The Balaban J connectivity index is 1.88. The van der Waals surface area contributed by atoms with Gasteiger partial charge >= 0.3 is 0 Å². The van der Waals surface area contributed by atoms with Crippen molar-refractivity contribution in [3.63, 3.8) is 0 Å². The molecule has 1 saturated carbocycles. The summed E-state index contributed by atoms with van der Waals surface area (Å²) in [5.74, 6) is 0.143. The topological polar surface area (TPSA) is 68.3 Å².